The lowest BCUT2D eigenvalue weighted by Crippen LogP contribution is -2.32. The standard InChI is InChI=1S/C27H26N2O4/c1-4-33-23-12-8-6-10-21(23)28-25-24(20-9-5-7-11-22(20)32-3)26(30)29(27(25)31)17-19-15-13-18(2)14-16-19/h5-16,28H,4,17H2,1-3H3. The van der Waals surface area contributed by atoms with Crippen LogP contribution in [0.3, 0.4) is 0 Å². The van der Waals surface area contributed by atoms with E-state index < -0.39 is 5.91 Å². The molecule has 3 aromatic carbocycles. The number of rotatable bonds is 8. The van der Waals surface area contributed by atoms with Gasteiger partial charge in [0, 0.05) is 5.56 Å². The molecule has 2 amide bonds. The first-order valence-electron chi connectivity index (χ1n) is 10.8. The van der Waals surface area contributed by atoms with Crippen molar-refractivity contribution in [3.63, 3.8) is 0 Å². The number of nitrogens with one attached hydrogen (secondary N) is 1. The predicted molar refractivity (Wildman–Crippen MR) is 128 cm³/mol. The number of carbonyl (C=O) groups excluding carboxylic acids is 2. The second-order valence-electron chi connectivity index (χ2n) is 7.69. The summed E-state index contributed by atoms with van der Waals surface area (Å²) in [5.41, 5.74) is 3.62. The van der Waals surface area contributed by atoms with Crippen LogP contribution in [0.2, 0.25) is 0 Å². The fourth-order valence-electron chi connectivity index (χ4n) is 3.80. The number of nitrogens with zero attached hydrogens (tertiary/aromatic N) is 1. The van der Waals surface area contributed by atoms with Crippen LogP contribution in [0.25, 0.3) is 5.57 Å². The van der Waals surface area contributed by atoms with Crippen LogP contribution in [0.4, 0.5) is 5.69 Å². The molecule has 0 saturated heterocycles. The monoisotopic (exact) mass is 442 g/mol. The van der Waals surface area contributed by atoms with E-state index in [4.69, 9.17) is 9.47 Å². The average molecular weight is 443 g/mol. The third-order valence-corrected chi connectivity index (χ3v) is 5.45. The van der Waals surface area contributed by atoms with Crippen LogP contribution >= 0.6 is 0 Å². The van der Waals surface area contributed by atoms with Crippen LogP contribution in [0, 0.1) is 6.92 Å². The number of anilines is 1. The first-order chi connectivity index (χ1) is 16.0. The van der Waals surface area contributed by atoms with Crippen LogP contribution in [-0.4, -0.2) is 30.4 Å². The zero-order valence-corrected chi connectivity index (χ0v) is 18.9. The maximum absolute atomic E-state index is 13.6. The molecule has 0 aromatic heterocycles. The molecule has 0 saturated carbocycles. The Morgan fingerprint density at radius 1 is 0.848 bits per heavy atom. The molecule has 168 valence electrons. The molecule has 0 spiro atoms. The molecule has 6 heteroatoms. The smallest absolute Gasteiger partial charge is 0.278 e. The molecule has 0 radical (unpaired) electrons. The zero-order chi connectivity index (χ0) is 23.4. The number of hydrogen-bond donors (Lipinski definition) is 1. The molecular weight excluding hydrogens is 416 g/mol. The van der Waals surface area contributed by atoms with Crippen molar-refractivity contribution in [1.29, 1.82) is 0 Å². The maximum Gasteiger partial charge on any atom is 0.278 e. The highest BCUT2D eigenvalue weighted by Gasteiger charge is 2.40. The summed E-state index contributed by atoms with van der Waals surface area (Å²) in [6.45, 7) is 4.54. The van der Waals surface area contributed by atoms with Crippen LogP contribution in [0.15, 0.2) is 78.5 Å². The minimum Gasteiger partial charge on any atom is -0.496 e. The summed E-state index contributed by atoms with van der Waals surface area (Å²) in [5.74, 6) is 0.349. The predicted octanol–water partition coefficient (Wildman–Crippen LogP) is 4.79. The first-order valence-corrected chi connectivity index (χ1v) is 10.8. The summed E-state index contributed by atoms with van der Waals surface area (Å²) < 4.78 is 11.2. The van der Waals surface area contributed by atoms with E-state index in [-0.39, 0.29) is 23.7 Å². The molecule has 1 heterocycles. The van der Waals surface area contributed by atoms with Crippen molar-refractivity contribution in [3.05, 3.63) is 95.2 Å². The highest BCUT2D eigenvalue weighted by atomic mass is 16.5. The molecule has 33 heavy (non-hydrogen) atoms. The Balaban J connectivity index is 1.79. The number of ether oxygens (including phenoxy) is 2. The fourth-order valence-corrected chi connectivity index (χ4v) is 3.80. The summed E-state index contributed by atoms with van der Waals surface area (Å²) in [6, 6.07) is 22.3. The molecule has 0 bridgehead atoms. The summed E-state index contributed by atoms with van der Waals surface area (Å²) in [5, 5.41) is 3.19. The van der Waals surface area contributed by atoms with Crippen LogP contribution in [0.5, 0.6) is 11.5 Å². The van der Waals surface area contributed by atoms with Gasteiger partial charge in [0.05, 0.1) is 31.5 Å². The Hall–Kier alpha value is -4.06. The molecule has 6 nitrogen and oxygen atoms in total. The van der Waals surface area contributed by atoms with E-state index in [9.17, 15) is 9.59 Å². The number of hydrogen-bond acceptors (Lipinski definition) is 5. The Bertz CT molecular complexity index is 1210. The SMILES string of the molecule is CCOc1ccccc1NC1=C(c2ccccc2OC)C(=O)N(Cc2ccc(C)cc2)C1=O. The van der Waals surface area contributed by atoms with Crippen LogP contribution in [0.1, 0.15) is 23.6 Å². The van der Waals surface area contributed by atoms with Gasteiger partial charge in [0.15, 0.2) is 0 Å². The lowest BCUT2D eigenvalue weighted by Gasteiger charge is -2.16. The second-order valence-corrected chi connectivity index (χ2v) is 7.69. The average Bonchev–Trinajstić information content (AvgIpc) is 3.06. The summed E-state index contributed by atoms with van der Waals surface area (Å²) in [4.78, 5) is 28.4. The Labute approximate surface area is 193 Å². The van der Waals surface area contributed by atoms with E-state index in [1.807, 2.05) is 74.5 Å². The Morgan fingerprint density at radius 2 is 1.52 bits per heavy atom. The van der Waals surface area contributed by atoms with Gasteiger partial charge < -0.3 is 14.8 Å². The molecule has 0 unspecified atom stereocenters. The number of benzene rings is 3. The van der Waals surface area contributed by atoms with Crippen molar-refractivity contribution in [2.75, 3.05) is 19.0 Å². The van der Waals surface area contributed by atoms with E-state index in [0.29, 0.717) is 29.4 Å². The zero-order valence-electron chi connectivity index (χ0n) is 18.9. The van der Waals surface area contributed by atoms with Gasteiger partial charge in [0.25, 0.3) is 11.8 Å². The van der Waals surface area contributed by atoms with Gasteiger partial charge in [-0.05, 0) is 37.6 Å². The third-order valence-electron chi connectivity index (χ3n) is 5.45. The van der Waals surface area contributed by atoms with Crippen molar-refractivity contribution < 1.29 is 19.1 Å². The summed E-state index contributed by atoms with van der Waals surface area (Å²) in [6.07, 6.45) is 0. The van der Waals surface area contributed by atoms with E-state index >= 15 is 0 Å². The molecule has 1 aliphatic heterocycles. The number of methoxy groups -OCH3 is 1. The van der Waals surface area contributed by atoms with Gasteiger partial charge in [-0.1, -0.05) is 60.2 Å². The number of para-hydroxylation sites is 3. The van der Waals surface area contributed by atoms with Crippen LogP contribution in [-0.2, 0) is 16.1 Å². The normalized spacial score (nSPS) is 13.5. The van der Waals surface area contributed by atoms with Gasteiger partial charge >= 0.3 is 0 Å². The van der Waals surface area contributed by atoms with Gasteiger partial charge in [0.2, 0.25) is 0 Å². The van der Waals surface area contributed by atoms with Crippen molar-refractivity contribution in [3.8, 4) is 11.5 Å². The van der Waals surface area contributed by atoms with Crippen molar-refractivity contribution >= 4 is 23.1 Å². The van der Waals surface area contributed by atoms with E-state index in [2.05, 4.69) is 5.32 Å². The molecule has 3 aromatic rings. The van der Waals surface area contributed by atoms with Gasteiger partial charge in [-0.2, -0.15) is 0 Å². The number of carbonyl (C=O) groups is 2. The lowest BCUT2D eigenvalue weighted by atomic mass is 10.0. The van der Waals surface area contributed by atoms with E-state index in [1.165, 1.54) is 4.90 Å². The second kappa shape index (κ2) is 9.61. The van der Waals surface area contributed by atoms with Crippen molar-refractivity contribution in [1.82, 2.24) is 4.90 Å². The highest BCUT2D eigenvalue weighted by molar-refractivity contribution is 6.37. The first kappa shape index (κ1) is 22.1. The molecule has 4 rings (SSSR count). The molecule has 0 aliphatic carbocycles. The van der Waals surface area contributed by atoms with Gasteiger partial charge in [-0.15, -0.1) is 0 Å². The Morgan fingerprint density at radius 3 is 2.21 bits per heavy atom. The van der Waals surface area contributed by atoms with E-state index in [1.54, 1.807) is 19.2 Å². The highest BCUT2D eigenvalue weighted by Crippen LogP contribution is 2.37. The summed E-state index contributed by atoms with van der Waals surface area (Å²) >= 11 is 0. The number of imide groups is 1. The van der Waals surface area contributed by atoms with Crippen molar-refractivity contribution in [2.24, 2.45) is 0 Å². The molecule has 1 aliphatic rings. The third kappa shape index (κ3) is 4.46. The molecule has 1 N–H and O–H groups in total. The minimum atomic E-state index is -0.396. The maximum atomic E-state index is 13.6. The van der Waals surface area contributed by atoms with Gasteiger partial charge in [-0.25, -0.2) is 0 Å². The fraction of sp³-hybridized carbons (Fsp3) is 0.185. The van der Waals surface area contributed by atoms with Gasteiger partial charge in [0.1, 0.15) is 17.2 Å². The summed E-state index contributed by atoms with van der Waals surface area (Å²) in [7, 11) is 1.54. The number of aryl methyl sites for hydroxylation is 1. The minimum absolute atomic E-state index is 0.175. The quantitative estimate of drug-likeness (QED) is 0.508. The lowest BCUT2D eigenvalue weighted by molar-refractivity contribution is -0.137. The van der Waals surface area contributed by atoms with Gasteiger partial charge in [-0.3, -0.25) is 14.5 Å². The largest absolute Gasteiger partial charge is 0.496 e. The molecule has 0 atom stereocenters. The molecule has 0 fully saturated rings. The van der Waals surface area contributed by atoms with E-state index in [0.717, 1.165) is 11.1 Å². The Kier molecular flexibility index (Phi) is 6.45. The van der Waals surface area contributed by atoms with Crippen molar-refractivity contribution in [2.45, 2.75) is 20.4 Å². The molecular formula is C27H26N2O4. The topological polar surface area (TPSA) is 67.9 Å². The number of amides is 2. The van der Waals surface area contributed by atoms with Crippen LogP contribution < -0.4 is 14.8 Å².